The molecule has 0 saturated carbocycles. The van der Waals surface area contributed by atoms with Crippen LogP contribution in [0.2, 0.25) is 0 Å². The van der Waals surface area contributed by atoms with Gasteiger partial charge in [0.05, 0.1) is 6.54 Å². The van der Waals surface area contributed by atoms with E-state index in [9.17, 15) is 4.79 Å². The van der Waals surface area contributed by atoms with Crippen molar-refractivity contribution in [3.05, 3.63) is 35.8 Å². The third-order valence-electron chi connectivity index (χ3n) is 5.16. The van der Waals surface area contributed by atoms with Crippen molar-refractivity contribution in [3.8, 4) is 11.4 Å². The lowest BCUT2D eigenvalue weighted by molar-refractivity contribution is -0.119. The second-order valence-electron chi connectivity index (χ2n) is 7.08. The van der Waals surface area contributed by atoms with Crippen molar-refractivity contribution in [2.75, 3.05) is 25.0 Å². The molecule has 2 aromatic rings. The number of carbonyl (C=O) groups is 1. The van der Waals surface area contributed by atoms with Crippen LogP contribution < -0.4 is 11.1 Å². The molecule has 136 valence electrons. The number of aryl methyl sites for hydroxylation is 1. The van der Waals surface area contributed by atoms with Crippen LogP contribution in [-0.4, -0.2) is 51.4 Å². The number of nitrogens with two attached hydrogens (primary N) is 1. The van der Waals surface area contributed by atoms with Crippen molar-refractivity contribution in [1.29, 1.82) is 0 Å². The average molecular weight is 352 g/mol. The fraction of sp³-hybridized carbons (Fsp3) is 0.474. The average Bonchev–Trinajstić information content (AvgIpc) is 3.12. The number of nitrogens with zero attached hydrogens (tertiary/aromatic N) is 4. The molecule has 0 spiro atoms. The lowest BCUT2D eigenvalue weighted by Crippen LogP contribution is -2.43. The Balaban J connectivity index is 1.52. The first-order chi connectivity index (χ1) is 12.7. The summed E-state index contributed by atoms with van der Waals surface area (Å²) in [5.74, 6) is 1.46. The molecule has 2 aromatic heterocycles. The van der Waals surface area contributed by atoms with Gasteiger partial charge in [-0.15, -0.1) is 0 Å². The molecule has 7 heteroatoms. The Morgan fingerprint density at radius 3 is 2.85 bits per heavy atom. The number of hydrogen-bond donors (Lipinski definition) is 2. The molecule has 0 unspecified atom stereocenters. The van der Waals surface area contributed by atoms with Crippen molar-refractivity contribution >= 4 is 11.7 Å². The highest BCUT2D eigenvalue weighted by Gasteiger charge is 2.24. The van der Waals surface area contributed by atoms with Gasteiger partial charge in [-0.3, -0.25) is 14.7 Å². The Kier molecular flexibility index (Phi) is 4.79. The lowest BCUT2D eigenvalue weighted by atomic mass is 10.0. The molecule has 3 N–H and O–H groups in total. The number of nitrogens with one attached hydrogen (secondary N) is 1. The first-order valence-corrected chi connectivity index (χ1v) is 9.26. The minimum absolute atomic E-state index is 0.258. The molecular formula is C19H24N6O. The predicted molar refractivity (Wildman–Crippen MR) is 99.6 cm³/mol. The van der Waals surface area contributed by atoms with Crippen LogP contribution in [0.5, 0.6) is 0 Å². The van der Waals surface area contributed by atoms with Crippen LogP contribution in [0.3, 0.4) is 0 Å². The van der Waals surface area contributed by atoms with Gasteiger partial charge >= 0.3 is 0 Å². The number of aromatic nitrogens is 3. The molecule has 1 aliphatic carbocycles. The second-order valence-corrected chi connectivity index (χ2v) is 7.08. The lowest BCUT2D eigenvalue weighted by Gasteiger charge is -2.32. The molecular weight excluding hydrogens is 328 g/mol. The van der Waals surface area contributed by atoms with Gasteiger partial charge in [-0.05, 0) is 44.2 Å². The van der Waals surface area contributed by atoms with Gasteiger partial charge in [0.15, 0.2) is 5.82 Å². The van der Waals surface area contributed by atoms with Crippen LogP contribution in [-0.2, 0) is 17.6 Å². The molecule has 0 atom stereocenters. The summed E-state index contributed by atoms with van der Waals surface area (Å²) >= 11 is 0. The predicted octanol–water partition coefficient (Wildman–Crippen LogP) is 1.39. The van der Waals surface area contributed by atoms with E-state index in [4.69, 9.17) is 15.7 Å². The molecule has 26 heavy (non-hydrogen) atoms. The summed E-state index contributed by atoms with van der Waals surface area (Å²) in [6.07, 6.45) is 8.70. The zero-order valence-electron chi connectivity index (χ0n) is 14.8. The van der Waals surface area contributed by atoms with Crippen molar-refractivity contribution in [2.24, 2.45) is 5.73 Å². The summed E-state index contributed by atoms with van der Waals surface area (Å²) in [5.41, 5.74) is 8.66. The van der Waals surface area contributed by atoms with Crippen LogP contribution in [0, 0.1) is 0 Å². The zero-order valence-corrected chi connectivity index (χ0v) is 14.8. The highest BCUT2D eigenvalue weighted by Crippen LogP contribution is 2.30. The van der Waals surface area contributed by atoms with E-state index in [2.05, 4.69) is 15.2 Å². The molecule has 1 fully saturated rings. The van der Waals surface area contributed by atoms with E-state index in [-0.39, 0.29) is 5.91 Å². The summed E-state index contributed by atoms with van der Waals surface area (Å²) < 4.78 is 0. The molecule has 1 amide bonds. The van der Waals surface area contributed by atoms with E-state index in [1.807, 2.05) is 18.3 Å². The Morgan fingerprint density at radius 2 is 2.12 bits per heavy atom. The quantitative estimate of drug-likeness (QED) is 0.844. The molecule has 2 aliphatic rings. The number of rotatable bonds is 5. The maximum absolute atomic E-state index is 11.1. The Morgan fingerprint density at radius 1 is 1.27 bits per heavy atom. The standard InChI is InChI=1S/C19H24N6O/c20-17(26)12-25-9-6-14(7-10-25)22-19-15-4-1-5-16(15)23-18(24-19)13-3-2-8-21-11-13/h2-3,8,11,14H,1,4-7,9-10,12H2,(H2,20,26)(H,22,23,24). The van der Waals surface area contributed by atoms with E-state index >= 15 is 0 Å². The van der Waals surface area contributed by atoms with E-state index in [0.29, 0.717) is 12.6 Å². The van der Waals surface area contributed by atoms with Crippen LogP contribution in [0.4, 0.5) is 5.82 Å². The van der Waals surface area contributed by atoms with Crippen molar-refractivity contribution in [3.63, 3.8) is 0 Å². The van der Waals surface area contributed by atoms with E-state index in [1.165, 1.54) is 5.56 Å². The number of piperidine rings is 1. The van der Waals surface area contributed by atoms with Gasteiger partial charge in [0.1, 0.15) is 5.82 Å². The summed E-state index contributed by atoms with van der Waals surface area (Å²) in [5, 5.41) is 3.65. The number of amides is 1. The fourth-order valence-corrected chi connectivity index (χ4v) is 3.83. The Bertz CT molecular complexity index is 786. The number of likely N-dealkylation sites (tertiary alicyclic amines) is 1. The number of carbonyl (C=O) groups excluding carboxylic acids is 1. The fourth-order valence-electron chi connectivity index (χ4n) is 3.83. The second kappa shape index (κ2) is 7.37. The van der Waals surface area contributed by atoms with Gasteiger partial charge in [-0.1, -0.05) is 0 Å². The molecule has 1 saturated heterocycles. The van der Waals surface area contributed by atoms with Gasteiger partial charge in [-0.25, -0.2) is 9.97 Å². The third-order valence-corrected chi connectivity index (χ3v) is 5.16. The summed E-state index contributed by atoms with van der Waals surface area (Å²) in [7, 11) is 0. The smallest absolute Gasteiger partial charge is 0.231 e. The van der Waals surface area contributed by atoms with Gasteiger partial charge < -0.3 is 11.1 Å². The summed E-state index contributed by atoms with van der Waals surface area (Å²) in [4.78, 5) is 27.0. The van der Waals surface area contributed by atoms with E-state index in [1.54, 1.807) is 6.20 Å². The van der Waals surface area contributed by atoms with Crippen LogP contribution >= 0.6 is 0 Å². The zero-order chi connectivity index (χ0) is 17.9. The van der Waals surface area contributed by atoms with Crippen molar-refractivity contribution < 1.29 is 4.79 Å². The number of primary amides is 1. The maximum atomic E-state index is 11.1. The minimum Gasteiger partial charge on any atom is -0.369 e. The molecule has 4 rings (SSSR count). The molecule has 0 aromatic carbocycles. The summed E-state index contributed by atoms with van der Waals surface area (Å²) in [6, 6.07) is 4.27. The number of fused-ring (bicyclic) bond motifs is 1. The van der Waals surface area contributed by atoms with Gasteiger partial charge in [0.25, 0.3) is 0 Å². The Hall–Kier alpha value is -2.54. The highest BCUT2D eigenvalue weighted by atomic mass is 16.1. The number of anilines is 1. The molecule has 7 nitrogen and oxygen atoms in total. The normalized spacial score (nSPS) is 17.8. The molecule has 0 radical (unpaired) electrons. The Labute approximate surface area is 153 Å². The third kappa shape index (κ3) is 3.67. The minimum atomic E-state index is -0.258. The van der Waals surface area contributed by atoms with Crippen molar-refractivity contribution in [2.45, 2.75) is 38.1 Å². The van der Waals surface area contributed by atoms with Crippen LogP contribution in [0.15, 0.2) is 24.5 Å². The maximum Gasteiger partial charge on any atom is 0.231 e. The molecule has 1 aliphatic heterocycles. The molecule has 0 bridgehead atoms. The van der Waals surface area contributed by atoms with E-state index in [0.717, 1.165) is 68.1 Å². The first-order valence-electron chi connectivity index (χ1n) is 9.26. The highest BCUT2D eigenvalue weighted by molar-refractivity contribution is 5.75. The number of hydrogen-bond acceptors (Lipinski definition) is 6. The van der Waals surface area contributed by atoms with E-state index < -0.39 is 0 Å². The monoisotopic (exact) mass is 352 g/mol. The SMILES string of the molecule is NC(=O)CN1CCC(Nc2nc(-c3cccnc3)nc3c2CCC3)CC1. The molecule has 3 heterocycles. The largest absolute Gasteiger partial charge is 0.369 e. The van der Waals surface area contributed by atoms with Crippen LogP contribution in [0.1, 0.15) is 30.5 Å². The number of pyridine rings is 1. The topological polar surface area (TPSA) is 97.0 Å². The first kappa shape index (κ1) is 16.9. The van der Waals surface area contributed by atoms with Gasteiger partial charge in [0.2, 0.25) is 5.91 Å². The van der Waals surface area contributed by atoms with Gasteiger partial charge in [-0.2, -0.15) is 0 Å². The van der Waals surface area contributed by atoms with Crippen LogP contribution in [0.25, 0.3) is 11.4 Å². The van der Waals surface area contributed by atoms with Crippen molar-refractivity contribution in [1.82, 2.24) is 19.9 Å². The van der Waals surface area contributed by atoms with Gasteiger partial charge in [0, 0.05) is 48.3 Å². The summed E-state index contributed by atoms with van der Waals surface area (Å²) in [6.45, 7) is 2.10.